The highest BCUT2D eigenvalue weighted by Gasteiger charge is 2.29. The van der Waals surface area contributed by atoms with Crippen molar-refractivity contribution in [3.8, 4) is 6.07 Å². The summed E-state index contributed by atoms with van der Waals surface area (Å²) in [4.78, 5) is 16.6. The van der Waals surface area contributed by atoms with Gasteiger partial charge >= 0.3 is 0 Å². The van der Waals surface area contributed by atoms with E-state index in [9.17, 15) is 4.79 Å². The molecule has 4 N–H and O–H groups in total. The molecule has 1 unspecified atom stereocenters. The highest BCUT2D eigenvalue weighted by molar-refractivity contribution is 7.17. The van der Waals surface area contributed by atoms with Crippen LogP contribution in [0.25, 0.3) is 0 Å². The lowest BCUT2D eigenvalue weighted by atomic mass is 10.1. The highest BCUT2D eigenvalue weighted by atomic mass is 32.1. The van der Waals surface area contributed by atoms with Crippen LogP contribution in [-0.4, -0.2) is 43.5 Å². The molecular weight excluding hydrogens is 286 g/mol. The third-order valence-electron chi connectivity index (χ3n) is 3.91. The Balaban J connectivity index is 2.48. The molecule has 7 heteroatoms. The minimum absolute atomic E-state index is 0.220. The summed E-state index contributed by atoms with van der Waals surface area (Å²) in [5, 5.41) is 9.91. The van der Waals surface area contributed by atoms with Crippen molar-refractivity contribution < 1.29 is 4.79 Å². The molecular formula is C14H21N5OS. The number of thiophene rings is 1. The van der Waals surface area contributed by atoms with Crippen molar-refractivity contribution in [3.05, 3.63) is 10.4 Å². The summed E-state index contributed by atoms with van der Waals surface area (Å²) in [6.07, 6.45) is 1.97. The Morgan fingerprint density at radius 3 is 2.81 bits per heavy atom. The van der Waals surface area contributed by atoms with Crippen LogP contribution in [0.15, 0.2) is 0 Å². The number of carbonyl (C=O) groups is 1. The van der Waals surface area contributed by atoms with Crippen molar-refractivity contribution in [1.82, 2.24) is 4.90 Å². The molecule has 0 spiro atoms. The van der Waals surface area contributed by atoms with E-state index in [-0.39, 0.29) is 5.69 Å². The van der Waals surface area contributed by atoms with Gasteiger partial charge in [-0.2, -0.15) is 5.26 Å². The van der Waals surface area contributed by atoms with Gasteiger partial charge in [0.15, 0.2) is 0 Å². The van der Waals surface area contributed by atoms with E-state index in [0.29, 0.717) is 16.5 Å². The zero-order valence-corrected chi connectivity index (χ0v) is 13.2. The van der Waals surface area contributed by atoms with Crippen molar-refractivity contribution in [2.75, 3.05) is 37.3 Å². The van der Waals surface area contributed by atoms with E-state index in [0.717, 1.165) is 37.5 Å². The van der Waals surface area contributed by atoms with Gasteiger partial charge in [-0.15, -0.1) is 11.3 Å². The predicted molar refractivity (Wildman–Crippen MR) is 85.5 cm³/mol. The lowest BCUT2D eigenvalue weighted by Gasteiger charge is -2.31. The average Bonchev–Trinajstić information content (AvgIpc) is 2.65. The number of anilines is 2. The minimum atomic E-state index is -0.562. The second-order valence-electron chi connectivity index (χ2n) is 5.37. The Bertz CT molecular complexity index is 577. The van der Waals surface area contributed by atoms with E-state index in [4.69, 9.17) is 16.7 Å². The van der Waals surface area contributed by atoms with E-state index in [1.807, 2.05) is 0 Å². The Kier molecular flexibility index (Phi) is 4.70. The van der Waals surface area contributed by atoms with Crippen LogP contribution in [0.5, 0.6) is 0 Å². The van der Waals surface area contributed by atoms with E-state index >= 15 is 0 Å². The first-order valence-corrected chi connectivity index (χ1v) is 7.88. The molecule has 1 fully saturated rings. The van der Waals surface area contributed by atoms with Gasteiger partial charge in [0.25, 0.3) is 5.91 Å². The van der Waals surface area contributed by atoms with Crippen LogP contribution in [-0.2, 0) is 0 Å². The fourth-order valence-corrected chi connectivity index (χ4v) is 3.94. The number of nitrogens with zero attached hydrogens (tertiary/aromatic N) is 3. The summed E-state index contributed by atoms with van der Waals surface area (Å²) >= 11 is 1.27. The van der Waals surface area contributed by atoms with Gasteiger partial charge < -0.3 is 21.3 Å². The maximum atomic E-state index is 11.8. The first kappa shape index (κ1) is 15.6. The summed E-state index contributed by atoms with van der Waals surface area (Å²) in [7, 11) is 2.10. The summed E-state index contributed by atoms with van der Waals surface area (Å²) in [5.41, 5.74) is 11.9. The number of hydrogen-bond donors (Lipinski definition) is 2. The van der Waals surface area contributed by atoms with E-state index in [2.05, 4.69) is 29.8 Å². The zero-order chi connectivity index (χ0) is 15.6. The molecule has 0 aromatic carbocycles. The molecule has 6 nitrogen and oxygen atoms in total. The van der Waals surface area contributed by atoms with E-state index in [1.54, 1.807) is 0 Å². The van der Waals surface area contributed by atoms with Gasteiger partial charge in [0.2, 0.25) is 0 Å². The zero-order valence-electron chi connectivity index (χ0n) is 12.4. The molecule has 1 atom stereocenters. The third-order valence-corrected chi connectivity index (χ3v) is 5.06. The normalized spacial score (nSPS) is 20.0. The molecule has 0 bridgehead atoms. The van der Waals surface area contributed by atoms with E-state index in [1.165, 1.54) is 11.3 Å². The van der Waals surface area contributed by atoms with Crippen molar-refractivity contribution >= 4 is 27.9 Å². The fraction of sp³-hybridized carbons (Fsp3) is 0.571. The van der Waals surface area contributed by atoms with Gasteiger partial charge in [-0.25, -0.2) is 0 Å². The number of nitriles is 1. The van der Waals surface area contributed by atoms with Crippen LogP contribution in [0.4, 0.5) is 10.7 Å². The van der Waals surface area contributed by atoms with Crippen molar-refractivity contribution in [1.29, 1.82) is 5.26 Å². The van der Waals surface area contributed by atoms with Gasteiger partial charge in [-0.3, -0.25) is 4.79 Å². The smallest absolute Gasteiger partial charge is 0.253 e. The molecule has 0 saturated carbocycles. The van der Waals surface area contributed by atoms with Crippen LogP contribution in [0.1, 0.15) is 35.0 Å². The standard InChI is InChI=1S/C14H21N5OS/c1-3-9-8-18(2)5-4-6-19(9)14-11(13(17)20)12(16)10(7-15)21-14/h9H,3-6,8,16H2,1-2H3,(H2,17,20). The Hall–Kier alpha value is -1.78. The molecule has 0 aliphatic carbocycles. The summed E-state index contributed by atoms with van der Waals surface area (Å²) in [6.45, 7) is 4.91. The molecule has 1 aromatic heterocycles. The quantitative estimate of drug-likeness (QED) is 0.874. The molecule has 1 aromatic rings. The topological polar surface area (TPSA) is 99.4 Å². The van der Waals surface area contributed by atoms with Gasteiger partial charge in [0.1, 0.15) is 15.9 Å². The molecule has 0 radical (unpaired) electrons. The van der Waals surface area contributed by atoms with Crippen LogP contribution < -0.4 is 16.4 Å². The van der Waals surface area contributed by atoms with Gasteiger partial charge in [-0.1, -0.05) is 6.92 Å². The largest absolute Gasteiger partial charge is 0.396 e. The maximum Gasteiger partial charge on any atom is 0.253 e. The summed E-state index contributed by atoms with van der Waals surface area (Å²) in [6, 6.07) is 2.35. The molecule has 1 aliphatic rings. The first-order valence-electron chi connectivity index (χ1n) is 7.06. The highest BCUT2D eigenvalue weighted by Crippen LogP contribution is 2.39. The SMILES string of the molecule is CCC1CN(C)CCCN1c1sc(C#N)c(N)c1C(N)=O. The average molecular weight is 307 g/mol. The Labute approximate surface area is 128 Å². The van der Waals surface area contributed by atoms with Crippen LogP contribution in [0.3, 0.4) is 0 Å². The molecule has 114 valence electrons. The van der Waals surface area contributed by atoms with Crippen LogP contribution in [0, 0.1) is 11.3 Å². The second kappa shape index (κ2) is 6.33. The minimum Gasteiger partial charge on any atom is -0.396 e. The number of likely N-dealkylation sites (N-methyl/N-ethyl adjacent to an activating group) is 1. The Morgan fingerprint density at radius 2 is 2.24 bits per heavy atom. The van der Waals surface area contributed by atoms with Gasteiger partial charge in [0.05, 0.1) is 11.3 Å². The number of nitrogen functional groups attached to an aromatic ring is 1. The second-order valence-corrected chi connectivity index (χ2v) is 6.37. The third kappa shape index (κ3) is 2.96. The summed E-state index contributed by atoms with van der Waals surface area (Å²) in [5.74, 6) is -0.562. The monoisotopic (exact) mass is 307 g/mol. The predicted octanol–water partition coefficient (Wildman–Crippen LogP) is 1.22. The van der Waals surface area contributed by atoms with Crippen molar-refractivity contribution in [3.63, 3.8) is 0 Å². The van der Waals surface area contributed by atoms with Crippen LogP contribution in [0.2, 0.25) is 0 Å². The van der Waals surface area contributed by atoms with Crippen molar-refractivity contribution in [2.45, 2.75) is 25.8 Å². The van der Waals surface area contributed by atoms with Crippen molar-refractivity contribution in [2.24, 2.45) is 5.73 Å². The Morgan fingerprint density at radius 1 is 1.52 bits per heavy atom. The lowest BCUT2D eigenvalue weighted by Crippen LogP contribution is -2.40. The number of rotatable bonds is 3. The van der Waals surface area contributed by atoms with Gasteiger partial charge in [-0.05, 0) is 26.4 Å². The molecule has 1 amide bonds. The number of primary amides is 1. The molecule has 1 saturated heterocycles. The number of hydrogen-bond acceptors (Lipinski definition) is 6. The number of amides is 1. The first-order chi connectivity index (χ1) is 9.99. The molecule has 1 aliphatic heterocycles. The van der Waals surface area contributed by atoms with Crippen LogP contribution >= 0.6 is 11.3 Å². The van der Waals surface area contributed by atoms with E-state index < -0.39 is 5.91 Å². The summed E-state index contributed by atoms with van der Waals surface area (Å²) < 4.78 is 0. The van der Waals surface area contributed by atoms with Gasteiger partial charge in [0, 0.05) is 19.1 Å². The molecule has 2 rings (SSSR count). The number of nitrogens with two attached hydrogens (primary N) is 2. The fourth-order valence-electron chi connectivity index (χ4n) is 2.81. The molecule has 21 heavy (non-hydrogen) atoms. The lowest BCUT2D eigenvalue weighted by molar-refractivity contribution is 0.100. The maximum absolute atomic E-state index is 11.8. The number of carbonyl (C=O) groups excluding carboxylic acids is 1. The molecule has 2 heterocycles.